The summed E-state index contributed by atoms with van der Waals surface area (Å²) in [5.74, 6) is 4.36. The van der Waals surface area contributed by atoms with Crippen LogP contribution in [0, 0.1) is 42.4 Å². The minimum absolute atomic E-state index is 0.141. The summed E-state index contributed by atoms with van der Waals surface area (Å²) in [4.78, 5) is 0. The Morgan fingerprint density at radius 2 is 1.52 bits per heavy atom. The smallest absolute Gasteiger partial charge is 0.123 e. The molecule has 0 aromatic rings. The van der Waals surface area contributed by atoms with E-state index in [1.54, 1.807) is 32.6 Å². The van der Waals surface area contributed by atoms with Gasteiger partial charge in [0.15, 0.2) is 0 Å². The van der Waals surface area contributed by atoms with E-state index in [1.165, 1.54) is 19.3 Å². The summed E-state index contributed by atoms with van der Waals surface area (Å²) < 4.78 is 13.0. The van der Waals surface area contributed by atoms with Crippen LogP contribution in [0.1, 0.15) is 106 Å². The van der Waals surface area contributed by atoms with Crippen LogP contribution in [-0.2, 0) is 0 Å². The Labute approximate surface area is 171 Å². The zero-order valence-electron chi connectivity index (χ0n) is 19.6. The van der Waals surface area contributed by atoms with Gasteiger partial charge in [0.25, 0.3) is 0 Å². The summed E-state index contributed by atoms with van der Waals surface area (Å²) in [6.45, 7) is 18.2. The predicted octanol–water partition coefficient (Wildman–Crippen LogP) is 8.86. The third kappa shape index (κ3) is 14.0. The van der Waals surface area contributed by atoms with E-state index in [0.29, 0.717) is 5.57 Å². The van der Waals surface area contributed by atoms with Crippen molar-refractivity contribution in [1.29, 1.82) is 0 Å². The third-order valence-electron chi connectivity index (χ3n) is 5.69. The number of alkyl halides is 1. The lowest BCUT2D eigenvalue weighted by atomic mass is 9.75. The summed E-state index contributed by atoms with van der Waals surface area (Å²) in [5.41, 5.74) is 0.654. The molecule has 2 aliphatic rings. The minimum atomic E-state index is -0.806. The maximum atomic E-state index is 13.0. The Morgan fingerprint density at radius 1 is 1.00 bits per heavy atom. The van der Waals surface area contributed by atoms with Gasteiger partial charge in [-0.15, -0.1) is 12.8 Å². The highest BCUT2D eigenvalue weighted by Crippen LogP contribution is 2.44. The van der Waals surface area contributed by atoms with E-state index in [-0.39, 0.29) is 5.92 Å². The molecular formula is C26H49F. The number of halogens is 1. The van der Waals surface area contributed by atoms with Gasteiger partial charge in [0, 0.05) is 0 Å². The molecule has 160 valence electrons. The standard InChI is InChI=1S/C11H20.C9H17F.C4H10.C2H2/c1-2-9-6-7-10-4-3-5-11(10)8-9;1-5-6-8(4)9(10)7(2)3;1-4(2)3;1-2/h9-11H,2-8H2,1H3;8-9H,2,5-6H2,1,3-4H3;4H,1-3H3;1-2H. The van der Waals surface area contributed by atoms with E-state index in [9.17, 15) is 4.39 Å². The van der Waals surface area contributed by atoms with Gasteiger partial charge in [-0.25, -0.2) is 4.39 Å². The molecule has 5 atom stereocenters. The van der Waals surface area contributed by atoms with Crippen LogP contribution < -0.4 is 0 Å². The zero-order valence-corrected chi connectivity index (χ0v) is 19.6. The zero-order chi connectivity index (χ0) is 21.4. The minimum Gasteiger partial charge on any atom is -0.242 e. The molecule has 2 aliphatic carbocycles. The molecule has 2 rings (SSSR count). The van der Waals surface area contributed by atoms with Crippen molar-refractivity contribution < 1.29 is 4.39 Å². The number of hydrogen-bond acceptors (Lipinski definition) is 0. The first-order valence-corrected chi connectivity index (χ1v) is 11.4. The average molecular weight is 381 g/mol. The Morgan fingerprint density at radius 3 is 1.96 bits per heavy atom. The molecule has 0 radical (unpaired) electrons. The van der Waals surface area contributed by atoms with E-state index >= 15 is 0 Å². The maximum Gasteiger partial charge on any atom is 0.123 e. The van der Waals surface area contributed by atoms with Gasteiger partial charge in [0.1, 0.15) is 6.17 Å². The Balaban J connectivity index is 0. The number of fused-ring (bicyclic) bond motifs is 1. The second kappa shape index (κ2) is 17.3. The van der Waals surface area contributed by atoms with Crippen molar-refractivity contribution in [1.82, 2.24) is 0 Å². The van der Waals surface area contributed by atoms with E-state index in [2.05, 4.69) is 54.0 Å². The van der Waals surface area contributed by atoms with Crippen molar-refractivity contribution in [2.45, 2.75) is 112 Å². The number of allylic oxidation sites excluding steroid dienone is 1. The maximum absolute atomic E-state index is 13.0. The fourth-order valence-electron chi connectivity index (χ4n) is 4.26. The monoisotopic (exact) mass is 380 g/mol. The van der Waals surface area contributed by atoms with E-state index < -0.39 is 6.17 Å². The molecule has 0 N–H and O–H groups in total. The third-order valence-corrected chi connectivity index (χ3v) is 5.69. The van der Waals surface area contributed by atoms with Gasteiger partial charge in [0.05, 0.1) is 0 Å². The van der Waals surface area contributed by atoms with E-state index in [1.807, 2.05) is 6.92 Å². The molecule has 0 aromatic carbocycles. The molecule has 0 bridgehead atoms. The lowest BCUT2D eigenvalue weighted by Crippen LogP contribution is -2.19. The highest BCUT2D eigenvalue weighted by atomic mass is 19.1. The van der Waals surface area contributed by atoms with Crippen molar-refractivity contribution in [2.24, 2.45) is 29.6 Å². The molecule has 0 aliphatic heterocycles. The van der Waals surface area contributed by atoms with Crippen LogP contribution in [0.2, 0.25) is 0 Å². The van der Waals surface area contributed by atoms with Crippen LogP contribution in [0.3, 0.4) is 0 Å². The van der Waals surface area contributed by atoms with Gasteiger partial charge in [0.2, 0.25) is 0 Å². The quantitative estimate of drug-likeness (QED) is 0.330. The van der Waals surface area contributed by atoms with E-state index in [0.717, 1.165) is 36.5 Å². The molecular weight excluding hydrogens is 331 g/mol. The fraction of sp³-hybridized carbons (Fsp3) is 0.846. The molecule has 0 heterocycles. The van der Waals surface area contributed by atoms with Gasteiger partial charge in [-0.1, -0.05) is 86.6 Å². The number of terminal acetylenes is 1. The molecule has 0 nitrogen and oxygen atoms in total. The summed E-state index contributed by atoms with van der Waals surface area (Å²) in [7, 11) is 0. The van der Waals surface area contributed by atoms with Gasteiger partial charge >= 0.3 is 0 Å². The molecule has 0 amide bonds. The largest absolute Gasteiger partial charge is 0.242 e. The van der Waals surface area contributed by atoms with Crippen molar-refractivity contribution in [3.63, 3.8) is 0 Å². The molecule has 2 fully saturated rings. The summed E-state index contributed by atoms with van der Waals surface area (Å²) >= 11 is 0. The lowest BCUT2D eigenvalue weighted by molar-refractivity contribution is 0.204. The summed E-state index contributed by atoms with van der Waals surface area (Å²) in [5, 5.41) is 0. The molecule has 0 saturated heterocycles. The fourth-order valence-corrected chi connectivity index (χ4v) is 4.26. The van der Waals surface area contributed by atoms with Crippen molar-refractivity contribution >= 4 is 0 Å². The first-order valence-electron chi connectivity index (χ1n) is 11.4. The van der Waals surface area contributed by atoms with Crippen molar-refractivity contribution in [3.05, 3.63) is 12.2 Å². The Hall–Kier alpha value is -0.770. The van der Waals surface area contributed by atoms with Crippen LogP contribution >= 0.6 is 0 Å². The highest BCUT2D eigenvalue weighted by Gasteiger charge is 2.32. The Bertz CT molecular complexity index is 365. The molecule has 0 aromatic heterocycles. The molecule has 1 heteroatoms. The molecule has 5 unspecified atom stereocenters. The van der Waals surface area contributed by atoms with Crippen LogP contribution in [0.15, 0.2) is 12.2 Å². The molecule has 2 saturated carbocycles. The first kappa shape index (κ1) is 28.4. The van der Waals surface area contributed by atoms with Gasteiger partial charge < -0.3 is 0 Å². The SMILES string of the molecule is C#C.C=C(C)C(F)C(C)CCC.CC(C)C.CCC1CCC2CCCC2C1. The van der Waals surface area contributed by atoms with Gasteiger partial charge in [-0.05, 0) is 61.3 Å². The number of rotatable bonds is 5. The molecule has 0 spiro atoms. The van der Waals surface area contributed by atoms with Crippen molar-refractivity contribution in [3.8, 4) is 12.8 Å². The average Bonchev–Trinajstić information content (AvgIpc) is 3.10. The normalized spacial score (nSPS) is 25.4. The second-order valence-electron chi connectivity index (χ2n) is 9.28. The summed E-state index contributed by atoms with van der Waals surface area (Å²) in [6, 6.07) is 0. The lowest BCUT2D eigenvalue weighted by Gasteiger charge is -2.31. The topological polar surface area (TPSA) is 0 Å². The highest BCUT2D eigenvalue weighted by molar-refractivity contribution is 4.98. The number of hydrogen-bond donors (Lipinski definition) is 0. The second-order valence-corrected chi connectivity index (χ2v) is 9.28. The van der Waals surface area contributed by atoms with Crippen LogP contribution in [0.5, 0.6) is 0 Å². The van der Waals surface area contributed by atoms with Crippen LogP contribution in [0.4, 0.5) is 4.39 Å². The van der Waals surface area contributed by atoms with Gasteiger partial charge in [-0.3, -0.25) is 0 Å². The first-order chi connectivity index (χ1) is 12.7. The van der Waals surface area contributed by atoms with E-state index in [4.69, 9.17) is 0 Å². The van der Waals surface area contributed by atoms with Crippen LogP contribution in [0.25, 0.3) is 0 Å². The van der Waals surface area contributed by atoms with Crippen LogP contribution in [-0.4, -0.2) is 6.17 Å². The van der Waals surface area contributed by atoms with Crippen molar-refractivity contribution in [2.75, 3.05) is 0 Å². The summed E-state index contributed by atoms with van der Waals surface area (Å²) in [6.07, 6.45) is 19.9. The van der Waals surface area contributed by atoms with Gasteiger partial charge in [-0.2, -0.15) is 0 Å². The predicted molar refractivity (Wildman–Crippen MR) is 123 cm³/mol. The molecule has 27 heavy (non-hydrogen) atoms. The Kier molecular flexibility index (Phi) is 18.3.